The Hall–Kier alpha value is -1.17. The van der Waals surface area contributed by atoms with Crippen molar-refractivity contribution in [3.8, 4) is 6.07 Å². The standard InChI is InChI=1S/C10H18N2O5S/c1-17-8-7-12(6-3-5-11)18(15,16)9-2-4-10(13)14/h2-4,6-9H2,1H3,(H,13,14). The highest BCUT2D eigenvalue weighted by molar-refractivity contribution is 7.89. The molecule has 1 N–H and O–H groups in total. The van der Waals surface area contributed by atoms with Gasteiger partial charge in [0.2, 0.25) is 10.0 Å². The van der Waals surface area contributed by atoms with E-state index in [1.807, 2.05) is 6.07 Å². The molecule has 0 aromatic heterocycles. The van der Waals surface area contributed by atoms with E-state index in [1.54, 1.807) is 0 Å². The van der Waals surface area contributed by atoms with E-state index >= 15 is 0 Å². The molecule has 0 unspecified atom stereocenters. The van der Waals surface area contributed by atoms with Crippen molar-refractivity contribution in [2.75, 3.05) is 32.6 Å². The molecular formula is C10H18N2O5S. The molecule has 0 aliphatic carbocycles. The number of rotatable bonds is 10. The van der Waals surface area contributed by atoms with Gasteiger partial charge in [-0.2, -0.15) is 9.57 Å². The fourth-order valence-corrected chi connectivity index (χ4v) is 2.78. The van der Waals surface area contributed by atoms with Crippen LogP contribution in [0.5, 0.6) is 0 Å². The van der Waals surface area contributed by atoms with Crippen LogP contribution in [0.1, 0.15) is 19.3 Å². The van der Waals surface area contributed by atoms with E-state index in [9.17, 15) is 13.2 Å². The molecule has 0 spiro atoms. The van der Waals surface area contributed by atoms with Crippen LogP contribution in [-0.4, -0.2) is 56.4 Å². The van der Waals surface area contributed by atoms with Gasteiger partial charge in [0.1, 0.15) is 0 Å². The number of nitrogens with zero attached hydrogens (tertiary/aromatic N) is 2. The molecule has 0 amide bonds. The van der Waals surface area contributed by atoms with Crippen molar-refractivity contribution < 1.29 is 23.1 Å². The number of carboxylic acid groups (broad SMARTS) is 1. The van der Waals surface area contributed by atoms with Crippen molar-refractivity contribution in [1.82, 2.24) is 4.31 Å². The second-order valence-electron chi connectivity index (χ2n) is 3.61. The van der Waals surface area contributed by atoms with E-state index in [0.717, 1.165) is 0 Å². The maximum Gasteiger partial charge on any atom is 0.303 e. The molecule has 8 heteroatoms. The summed E-state index contributed by atoms with van der Waals surface area (Å²) in [6, 6.07) is 1.88. The van der Waals surface area contributed by atoms with Crippen LogP contribution in [0.25, 0.3) is 0 Å². The zero-order valence-corrected chi connectivity index (χ0v) is 11.1. The molecule has 0 radical (unpaired) electrons. The van der Waals surface area contributed by atoms with E-state index in [0.29, 0.717) is 0 Å². The number of aliphatic carboxylic acids is 1. The summed E-state index contributed by atoms with van der Waals surface area (Å²) in [6.45, 7) is 0.520. The summed E-state index contributed by atoms with van der Waals surface area (Å²) in [6.07, 6.45) is -0.0226. The van der Waals surface area contributed by atoms with Crippen LogP contribution >= 0.6 is 0 Å². The lowest BCUT2D eigenvalue weighted by Gasteiger charge is -2.20. The minimum Gasteiger partial charge on any atom is -0.481 e. The summed E-state index contributed by atoms with van der Waals surface area (Å²) < 4.78 is 29.8. The number of hydrogen-bond donors (Lipinski definition) is 1. The Morgan fingerprint density at radius 2 is 2.11 bits per heavy atom. The summed E-state index contributed by atoms with van der Waals surface area (Å²) in [5, 5.41) is 16.9. The van der Waals surface area contributed by atoms with Gasteiger partial charge in [0.25, 0.3) is 0 Å². The van der Waals surface area contributed by atoms with Gasteiger partial charge in [-0.05, 0) is 6.42 Å². The number of sulfonamides is 1. The monoisotopic (exact) mass is 278 g/mol. The average molecular weight is 278 g/mol. The van der Waals surface area contributed by atoms with Crippen molar-refractivity contribution in [3.63, 3.8) is 0 Å². The molecule has 0 aliphatic rings. The lowest BCUT2D eigenvalue weighted by molar-refractivity contribution is -0.137. The molecule has 0 aromatic carbocycles. The van der Waals surface area contributed by atoms with Gasteiger partial charge in [0.05, 0.1) is 18.4 Å². The molecule has 18 heavy (non-hydrogen) atoms. The van der Waals surface area contributed by atoms with Gasteiger partial charge >= 0.3 is 5.97 Å². The van der Waals surface area contributed by atoms with Crippen molar-refractivity contribution >= 4 is 16.0 Å². The minimum atomic E-state index is -3.52. The largest absolute Gasteiger partial charge is 0.481 e. The topological polar surface area (TPSA) is 108 Å². The molecule has 0 heterocycles. The molecule has 0 atom stereocenters. The van der Waals surface area contributed by atoms with Gasteiger partial charge in [0, 0.05) is 33.0 Å². The maximum absolute atomic E-state index is 11.9. The van der Waals surface area contributed by atoms with Crippen LogP contribution in [-0.2, 0) is 19.6 Å². The van der Waals surface area contributed by atoms with Crippen LogP contribution in [0.2, 0.25) is 0 Å². The molecule has 104 valence electrons. The van der Waals surface area contributed by atoms with E-state index in [2.05, 4.69) is 0 Å². The Morgan fingerprint density at radius 3 is 2.61 bits per heavy atom. The third-order valence-electron chi connectivity index (χ3n) is 2.20. The lowest BCUT2D eigenvalue weighted by Crippen LogP contribution is -2.36. The SMILES string of the molecule is COCCN(CCC#N)S(=O)(=O)CCCC(=O)O. The first-order valence-electron chi connectivity index (χ1n) is 5.49. The first kappa shape index (κ1) is 16.8. The molecule has 7 nitrogen and oxygen atoms in total. The smallest absolute Gasteiger partial charge is 0.303 e. The molecule has 0 saturated carbocycles. The highest BCUT2D eigenvalue weighted by atomic mass is 32.2. The van der Waals surface area contributed by atoms with Crippen LogP contribution in [0.3, 0.4) is 0 Å². The van der Waals surface area contributed by atoms with Gasteiger partial charge < -0.3 is 9.84 Å². The summed E-state index contributed by atoms with van der Waals surface area (Å²) >= 11 is 0. The van der Waals surface area contributed by atoms with Crippen LogP contribution in [0.15, 0.2) is 0 Å². The highest BCUT2D eigenvalue weighted by Gasteiger charge is 2.21. The number of ether oxygens (including phenoxy) is 1. The van der Waals surface area contributed by atoms with Crippen molar-refractivity contribution in [1.29, 1.82) is 5.26 Å². The molecule has 0 bridgehead atoms. The molecule has 0 saturated heterocycles. The number of carboxylic acids is 1. The van der Waals surface area contributed by atoms with Gasteiger partial charge in [-0.15, -0.1) is 0 Å². The second kappa shape index (κ2) is 8.85. The third-order valence-corrected chi connectivity index (χ3v) is 4.16. The van der Waals surface area contributed by atoms with E-state index in [1.165, 1.54) is 11.4 Å². The molecular weight excluding hydrogens is 260 g/mol. The first-order chi connectivity index (χ1) is 8.44. The Labute approximate surface area is 107 Å². The molecule has 0 aromatic rings. The van der Waals surface area contributed by atoms with Gasteiger partial charge in [-0.3, -0.25) is 4.79 Å². The Bertz CT molecular complexity index is 388. The van der Waals surface area contributed by atoms with Crippen molar-refractivity contribution in [3.05, 3.63) is 0 Å². The predicted octanol–water partition coefficient (Wildman–Crippen LogP) is 0.0431. The Morgan fingerprint density at radius 1 is 1.44 bits per heavy atom. The fourth-order valence-electron chi connectivity index (χ4n) is 1.29. The van der Waals surface area contributed by atoms with E-state index < -0.39 is 16.0 Å². The number of hydrogen-bond acceptors (Lipinski definition) is 5. The molecule has 0 fully saturated rings. The van der Waals surface area contributed by atoms with Crippen molar-refractivity contribution in [2.24, 2.45) is 0 Å². The van der Waals surface area contributed by atoms with Crippen molar-refractivity contribution in [2.45, 2.75) is 19.3 Å². The first-order valence-corrected chi connectivity index (χ1v) is 7.10. The second-order valence-corrected chi connectivity index (χ2v) is 5.70. The summed E-state index contributed by atoms with van der Waals surface area (Å²) in [5.41, 5.74) is 0. The third kappa shape index (κ3) is 7.21. The highest BCUT2D eigenvalue weighted by Crippen LogP contribution is 2.06. The Balaban J connectivity index is 4.43. The number of nitriles is 1. The normalized spacial score (nSPS) is 11.4. The van der Waals surface area contributed by atoms with E-state index in [4.69, 9.17) is 15.1 Å². The maximum atomic E-state index is 11.9. The summed E-state index contributed by atoms with van der Waals surface area (Å²) in [5.74, 6) is -1.25. The fraction of sp³-hybridized carbons (Fsp3) is 0.800. The Kier molecular flexibility index (Phi) is 8.28. The zero-order valence-electron chi connectivity index (χ0n) is 10.3. The lowest BCUT2D eigenvalue weighted by atomic mass is 10.3. The average Bonchev–Trinajstić information content (AvgIpc) is 2.28. The molecule has 0 rings (SSSR count). The number of carbonyl (C=O) groups is 1. The summed E-state index contributed by atoms with van der Waals surface area (Å²) in [4.78, 5) is 10.3. The quantitative estimate of drug-likeness (QED) is 0.604. The van der Waals surface area contributed by atoms with Gasteiger partial charge in [0.15, 0.2) is 0 Å². The summed E-state index contributed by atoms with van der Waals surface area (Å²) in [7, 11) is -2.07. The van der Waals surface area contributed by atoms with E-state index in [-0.39, 0.29) is 44.7 Å². The number of methoxy groups -OCH3 is 1. The van der Waals surface area contributed by atoms with Crippen LogP contribution in [0, 0.1) is 11.3 Å². The molecule has 0 aliphatic heterocycles. The zero-order chi connectivity index (χ0) is 14.0. The minimum absolute atomic E-state index is 0.0632. The van der Waals surface area contributed by atoms with Gasteiger partial charge in [-0.1, -0.05) is 0 Å². The van der Waals surface area contributed by atoms with Crippen LogP contribution in [0.4, 0.5) is 0 Å². The van der Waals surface area contributed by atoms with Gasteiger partial charge in [-0.25, -0.2) is 8.42 Å². The van der Waals surface area contributed by atoms with Crippen LogP contribution < -0.4 is 0 Å². The predicted molar refractivity (Wildman–Crippen MR) is 64.3 cm³/mol.